The fourth-order valence-electron chi connectivity index (χ4n) is 6.09. The SMILES string of the molecule is COC(=O)c1ccc2c(C3CCCCC3)c3n(c2c1)CCN(CC(=O)OC(C)(C)C)Cc1ccccc1-3. The summed E-state index contributed by atoms with van der Waals surface area (Å²) in [4.78, 5) is 27.4. The summed E-state index contributed by atoms with van der Waals surface area (Å²) in [5, 5.41) is 1.23. The Morgan fingerprint density at radius 1 is 1.00 bits per heavy atom. The zero-order valence-corrected chi connectivity index (χ0v) is 22.5. The summed E-state index contributed by atoms with van der Waals surface area (Å²) < 4.78 is 13.1. The molecular weight excluding hydrogens is 464 g/mol. The molecule has 6 nitrogen and oxygen atoms in total. The summed E-state index contributed by atoms with van der Waals surface area (Å²) >= 11 is 0. The summed E-state index contributed by atoms with van der Waals surface area (Å²) in [7, 11) is 1.42. The first-order chi connectivity index (χ1) is 17.7. The highest BCUT2D eigenvalue weighted by Gasteiger charge is 2.30. The summed E-state index contributed by atoms with van der Waals surface area (Å²) in [5.74, 6) is -0.0321. The van der Waals surface area contributed by atoms with Crippen molar-refractivity contribution in [3.8, 4) is 11.3 Å². The standard InChI is InChI=1S/C31H38N2O4/c1-31(2,3)37-27(34)20-32-16-17-33-26-18-22(30(35)36-4)14-15-25(26)28(21-10-6-5-7-11-21)29(33)24-13-9-8-12-23(24)19-32/h8-9,12-15,18,21H,5-7,10-11,16-17,19-20H2,1-4H3. The van der Waals surface area contributed by atoms with Crippen molar-refractivity contribution in [2.45, 2.75) is 77.5 Å². The molecule has 0 N–H and O–H groups in total. The summed E-state index contributed by atoms with van der Waals surface area (Å²) in [5.41, 5.74) is 6.23. The van der Waals surface area contributed by atoms with E-state index in [0.29, 0.717) is 24.6 Å². The van der Waals surface area contributed by atoms with E-state index < -0.39 is 5.60 Å². The third kappa shape index (κ3) is 5.30. The smallest absolute Gasteiger partial charge is 0.337 e. The van der Waals surface area contributed by atoms with E-state index in [1.54, 1.807) is 0 Å². The highest BCUT2D eigenvalue weighted by atomic mass is 16.6. The third-order valence-corrected chi connectivity index (χ3v) is 7.62. The van der Waals surface area contributed by atoms with Crippen molar-refractivity contribution in [3.05, 3.63) is 59.2 Å². The Hall–Kier alpha value is -3.12. The van der Waals surface area contributed by atoms with Crippen LogP contribution >= 0.6 is 0 Å². The number of nitrogens with zero attached hydrogens (tertiary/aromatic N) is 2. The van der Waals surface area contributed by atoms with E-state index in [-0.39, 0.29) is 18.5 Å². The maximum Gasteiger partial charge on any atom is 0.337 e. The van der Waals surface area contributed by atoms with Crippen molar-refractivity contribution in [3.63, 3.8) is 0 Å². The maximum atomic E-state index is 12.7. The van der Waals surface area contributed by atoms with Crippen LogP contribution in [0.1, 0.15) is 80.3 Å². The van der Waals surface area contributed by atoms with Gasteiger partial charge in [-0.15, -0.1) is 0 Å². The van der Waals surface area contributed by atoms with Crippen LogP contribution in [-0.2, 0) is 27.4 Å². The lowest BCUT2D eigenvalue weighted by molar-refractivity contribution is -0.156. The Kier molecular flexibility index (Phi) is 7.13. The molecule has 0 radical (unpaired) electrons. The number of hydrogen-bond donors (Lipinski definition) is 0. The molecule has 1 saturated carbocycles. The van der Waals surface area contributed by atoms with Gasteiger partial charge in [0.15, 0.2) is 0 Å². The molecule has 1 fully saturated rings. The molecule has 2 aliphatic rings. The molecule has 0 saturated heterocycles. The van der Waals surface area contributed by atoms with Gasteiger partial charge in [-0.25, -0.2) is 4.79 Å². The van der Waals surface area contributed by atoms with Crippen LogP contribution in [0.4, 0.5) is 0 Å². The molecule has 37 heavy (non-hydrogen) atoms. The van der Waals surface area contributed by atoms with E-state index in [0.717, 1.165) is 12.1 Å². The number of carbonyl (C=O) groups is 2. The highest BCUT2D eigenvalue weighted by molar-refractivity contribution is 5.99. The molecule has 0 unspecified atom stereocenters. The fourth-order valence-corrected chi connectivity index (χ4v) is 6.09. The van der Waals surface area contributed by atoms with Crippen molar-refractivity contribution >= 4 is 22.8 Å². The second-order valence-electron chi connectivity index (χ2n) is 11.4. The van der Waals surface area contributed by atoms with Gasteiger partial charge in [0, 0.05) is 36.1 Å². The van der Waals surface area contributed by atoms with E-state index >= 15 is 0 Å². The number of methoxy groups -OCH3 is 1. The molecule has 0 atom stereocenters. The molecule has 6 heteroatoms. The van der Waals surface area contributed by atoms with E-state index in [4.69, 9.17) is 9.47 Å². The van der Waals surface area contributed by atoms with Crippen molar-refractivity contribution in [1.29, 1.82) is 0 Å². The fraction of sp³-hybridized carbons (Fsp3) is 0.484. The van der Waals surface area contributed by atoms with Gasteiger partial charge in [0.1, 0.15) is 5.60 Å². The van der Waals surface area contributed by atoms with Gasteiger partial charge in [-0.05, 0) is 62.8 Å². The molecular formula is C31H38N2O4. The van der Waals surface area contributed by atoms with Crippen molar-refractivity contribution in [2.24, 2.45) is 0 Å². The first-order valence-corrected chi connectivity index (χ1v) is 13.5. The van der Waals surface area contributed by atoms with Crippen molar-refractivity contribution < 1.29 is 19.1 Å². The molecule has 2 heterocycles. The lowest BCUT2D eigenvalue weighted by atomic mass is 9.81. The molecule has 3 aromatic rings. The zero-order valence-electron chi connectivity index (χ0n) is 22.5. The number of rotatable bonds is 4. The number of hydrogen-bond acceptors (Lipinski definition) is 5. The average molecular weight is 503 g/mol. The van der Waals surface area contributed by atoms with E-state index in [1.807, 2.05) is 32.9 Å². The molecule has 196 valence electrons. The van der Waals surface area contributed by atoms with E-state index in [2.05, 4.69) is 39.8 Å². The monoisotopic (exact) mass is 502 g/mol. The summed E-state index contributed by atoms with van der Waals surface area (Å²) in [6, 6.07) is 14.6. The number of esters is 2. The van der Waals surface area contributed by atoms with Crippen LogP contribution in [0.5, 0.6) is 0 Å². The van der Waals surface area contributed by atoms with Crippen LogP contribution in [-0.4, -0.2) is 47.2 Å². The Morgan fingerprint density at radius 2 is 1.76 bits per heavy atom. The van der Waals surface area contributed by atoms with E-state index in [1.165, 1.54) is 67.0 Å². The first kappa shape index (κ1) is 25.5. The molecule has 1 aromatic heterocycles. The minimum atomic E-state index is -0.513. The lowest BCUT2D eigenvalue weighted by Gasteiger charge is -2.30. The Balaban J connectivity index is 1.65. The highest BCUT2D eigenvalue weighted by Crippen LogP contribution is 2.45. The number of aromatic nitrogens is 1. The van der Waals surface area contributed by atoms with Crippen LogP contribution in [0.25, 0.3) is 22.2 Å². The topological polar surface area (TPSA) is 60.8 Å². The van der Waals surface area contributed by atoms with Crippen molar-refractivity contribution in [2.75, 3.05) is 20.2 Å². The molecule has 1 aliphatic carbocycles. The Labute approximate surface area is 219 Å². The lowest BCUT2D eigenvalue weighted by Crippen LogP contribution is -2.37. The largest absolute Gasteiger partial charge is 0.465 e. The van der Waals surface area contributed by atoms with Gasteiger partial charge in [0.25, 0.3) is 0 Å². The van der Waals surface area contributed by atoms with Crippen LogP contribution in [0.2, 0.25) is 0 Å². The molecule has 5 rings (SSSR count). The Morgan fingerprint density at radius 3 is 2.49 bits per heavy atom. The molecule has 0 spiro atoms. The second kappa shape index (κ2) is 10.3. The molecule has 2 aromatic carbocycles. The number of ether oxygens (including phenoxy) is 2. The van der Waals surface area contributed by atoms with Gasteiger partial charge in [-0.2, -0.15) is 0 Å². The van der Waals surface area contributed by atoms with Gasteiger partial charge in [-0.3, -0.25) is 9.69 Å². The van der Waals surface area contributed by atoms with E-state index in [9.17, 15) is 9.59 Å². The van der Waals surface area contributed by atoms with Gasteiger partial charge >= 0.3 is 11.9 Å². The third-order valence-electron chi connectivity index (χ3n) is 7.62. The number of benzene rings is 2. The number of carbonyl (C=O) groups excluding carboxylic acids is 2. The number of fused-ring (bicyclic) bond motifs is 5. The van der Waals surface area contributed by atoms with Gasteiger partial charge in [0.05, 0.1) is 24.9 Å². The predicted molar refractivity (Wildman–Crippen MR) is 146 cm³/mol. The Bertz CT molecular complexity index is 1310. The summed E-state index contributed by atoms with van der Waals surface area (Å²) in [6.07, 6.45) is 6.19. The quantitative estimate of drug-likeness (QED) is 0.392. The normalized spacial score (nSPS) is 17.0. The maximum absolute atomic E-state index is 12.7. The molecule has 0 bridgehead atoms. The van der Waals surface area contributed by atoms with Gasteiger partial charge in [-0.1, -0.05) is 49.6 Å². The first-order valence-electron chi connectivity index (χ1n) is 13.5. The molecule has 1 aliphatic heterocycles. The van der Waals surface area contributed by atoms with Crippen LogP contribution in [0.3, 0.4) is 0 Å². The van der Waals surface area contributed by atoms with Crippen LogP contribution in [0.15, 0.2) is 42.5 Å². The molecule has 0 amide bonds. The predicted octanol–water partition coefficient (Wildman–Crippen LogP) is 6.30. The zero-order chi connectivity index (χ0) is 26.2. The minimum Gasteiger partial charge on any atom is -0.465 e. The van der Waals surface area contributed by atoms with Crippen molar-refractivity contribution in [1.82, 2.24) is 9.47 Å². The minimum absolute atomic E-state index is 0.209. The van der Waals surface area contributed by atoms with Crippen LogP contribution in [0, 0.1) is 0 Å². The average Bonchev–Trinajstić information content (AvgIpc) is 3.18. The van der Waals surface area contributed by atoms with Gasteiger partial charge in [0.2, 0.25) is 0 Å². The van der Waals surface area contributed by atoms with Gasteiger partial charge < -0.3 is 14.0 Å². The second-order valence-corrected chi connectivity index (χ2v) is 11.4. The van der Waals surface area contributed by atoms with Crippen LogP contribution < -0.4 is 0 Å². The summed E-state index contributed by atoms with van der Waals surface area (Å²) in [6.45, 7) is 8.06.